The van der Waals surface area contributed by atoms with Crippen LogP contribution in [0.25, 0.3) is 10.8 Å². The van der Waals surface area contributed by atoms with Gasteiger partial charge < -0.3 is 14.8 Å². The van der Waals surface area contributed by atoms with Gasteiger partial charge in [0, 0.05) is 36.6 Å². The summed E-state index contributed by atoms with van der Waals surface area (Å²) in [5.41, 5.74) is -1.04. The van der Waals surface area contributed by atoms with Crippen molar-refractivity contribution in [1.29, 1.82) is 0 Å². The number of aromatic carboxylic acids is 1. The fourth-order valence-electron chi connectivity index (χ4n) is 3.65. The van der Waals surface area contributed by atoms with Gasteiger partial charge in [0.05, 0.1) is 16.3 Å². The second-order valence-electron chi connectivity index (χ2n) is 7.38. The molecule has 0 bridgehead atoms. The van der Waals surface area contributed by atoms with E-state index in [-0.39, 0.29) is 41.8 Å². The molecule has 12 heteroatoms. The Morgan fingerprint density at radius 3 is 2.18 bits per heavy atom. The minimum absolute atomic E-state index is 0.0705. The zero-order valence-electron chi connectivity index (χ0n) is 17.2. The fraction of sp³-hybridized carbons (Fsp3) is 0.238. The number of hydrogen-bond acceptors (Lipinski definition) is 7. The first-order valence-corrected chi connectivity index (χ1v) is 11.7. The van der Waals surface area contributed by atoms with Crippen LogP contribution in [0.5, 0.6) is 0 Å². The number of piperazine rings is 1. The molecular formula is C21H18ClN4O6S-. The highest BCUT2D eigenvalue weighted by molar-refractivity contribution is 7.89. The molecule has 1 fully saturated rings. The zero-order valence-corrected chi connectivity index (χ0v) is 18.8. The van der Waals surface area contributed by atoms with E-state index >= 15 is 0 Å². The average Bonchev–Trinajstić information content (AvgIpc) is 2.81. The van der Waals surface area contributed by atoms with Crippen molar-refractivity contribution >= 4 is 44.3 Å². The van der Waals surface area contributed by atoms with Crippen molar-refractivity contribution in [2.75, 3.05) is 26.2 Å². The number of amides is 1. The largest absolute Gasteiger partial charge is 0.543 e. The quantitative estimate of drug-likeness (QED) is 0.490. The van der Waals surface area contributed by atoms with Crippen LogP contribution >= 0.6 is 11.6 Å². The SMILES string of the molecule is O=C([O-])c1nn(CC(=O)N2CCN(S(=O)(=O)c3ccc(Cl)cc3)CC2)c(=O)c2ccccc12. The topological polar surface area (TPSA) is 133 Å². The highest BCUT2D eigenvalue weighted by atomic mass is 35.5. The number of hydrogen-bond donors (Lipinski definition) is 0. The van der Waals surface area contributed by atoms with Gasteiger partial charge in [0.1, 0.15) is 12.2 Å². The molecule has 1 aliphatic rings. The van der Waals surface area contributed by atoms with Gasteiger partial charge in [-0.15, -0.1) is 0 Å². The smallest absolute Gasteiger partial charge is 0.275 e. The number of carboxylic acid groups (broad SMARTS) is 1. The van der Waals surface area contributed by atoms with E-state index in [2.05, 4.69) is 5.10 Å². The maximum Gasteiger partial charge on any atom is 0.275 e. The Kier molecular flexibility index (Phi) is 6.19. The summed E-state index contributed by atoms with van der Waals surface area (Å²) < 4.78 is 27.7. The molecule has 0 spiro atoms. The molecule has 2 aromatic carbocycles. The van der Waals surface area contributed by atoms with Crippen molar-refractivity contribution in [3.8, 4) is 0 Å². The summed E-state index contributed by atoms with van der Waals surface area (Å²) in [5.74, 6) is -2.04. The maximum absolute atomic E-state index is 12.8. The number of carbonyl (C=O) groups excluding carboxylic acids is 2. The summed E-state index contributed by atoms with van der Waals surface area (Å²) in [6.07, 6.45) is 0. The van der Waals surface area contributed by atoms with E-state index in [9.17, 15) is 27.9 Å². The molecule has 4 rings (SSSR count). The van der Waals surface area contributed by atoms with Crippen molar-refractivity contribution in [3.05, 3.63) is 69.6 Å². The van der Waals surface area contributed by atoms with E-state index in [0.29, 0.717) is 5.02 Å². The molecule has 0 saturated carbocycles. The van der Waals surface area contributed by atoms with Crippen LogP contribution in [-0.4, -0.2) is 65.5 Å². The molecule has 1 aliphatic heterocycles. The Bertz CT molecular complexity index is 1400. The molecule has 1 amide bonds. The lowest BCUT2D eigenvalue weighted by atomic mass is 10.1. The Labute approximate surface area is 193 Å². The van der Waals surface area contributed by atoms with Gasteiger partial charge in [0.25, 0.3) is 5.56 Å². The molecule has 33 heavy (non-hydrogen) atoms. The number of halogens is 1. The molecule has 2 heterocycles. The van der Waals surface area contributed by atoms with Crippen LogP contribution in [-0.2, 0) is 21.4 Å². The van der Waals surface area contributed by atoms with E-state index in [0.717, 1.165) is 4.68 Å². The molecule has 3 aromatic rings. The summed E-state index contributed by atoms with van der Waals surface area (Å²) in [6.45, 7) is -0.112. The summed E-state index contributed by atoms with van der Waals surface area (Å²) in [4.78, 5) is 38.5. The summed E-state index contributed by atoms with van der Waals surface area (Å²) in [7, 11) is -3.74. The van der Waals surface area contributed by atoms with Gasteiger partial charge in [-0.1, -0.05) is 29.8 Å². The number of fused-ring (bicyclic) bond motifs is 1. The van der Waals surface area contributed by atoms with Crippen molar-refractivity contribution in [1.82, 2.24) is 19.0 Å². The van der Waals surface area contributed by atoms with Crippen LogP contribution in [0.3, 0.4) is 0 Å². The number of carbonyl (C=O) groups is 2. The Morgan fingerprint density at radius 1 is 0.970 bits per heavy atom. The summed E-state index contributed by atoms with van der Waals surface area (Å²) >= 11 is 5.82. The summed E-state index contributed by atoms with van der Waals surface area (Å²) in [6, 6.07) is 11.9. The lowest BCUT2D eigenvalue weighted by molar-refractivity contribution is -0.255. The number of nitrogens with zero attached hydrogens (tertiary/aromatic N) is 4. The lowest BCUT2D eigenvalue weighted by Gasteiger charge is -2.34. The molecule has 0 atom stereocenters. The third-order valence-electron chi connectivity index (χ3n) is 5.39. The Morgan fingerprint density at radius 2 is 1.58 bits per heavy atom. The second-order valence-corrected chi connectivity index (χ2v) is 9.76. The third kappa shape index (κ3) is 4.47. The van der Waals surface area contributed by atoms with E-state index in [1.807, 2.05) is 0 Å². The van der Waals surface area contributed by atoms with Crippen LogP contribution in [0, 0.1) is 0 Å². The van der Waals surface area contributed by atoms with Crippen molar-refractivity contribution < 1.29 is 23.1 Å². The van der Waals surface area contributed by atoms with Crippen LogP contribution in [0.15, 0.2) is 58.2 Å². The van der Waals surface area contributed by atoms with Crippen LogP contribution in [0.4, 0.5) is 0 Å². The van der Waals surface area contributed by atoms with E-state index < -0.39 is 39.7 Å². The molecule has 0 unspecified atom stereocenters. The molecular weight excluding hydrogens is 472 g/mol. The number of benzene rings is 2. The third-order valence-corrected chi connectivity index (χ3v) is 7.55. The van der Waals surface area contributed by atoms with Gasteiger partial charge in [-0.2, -0.15) is 9.40 Å². The lowest BCUT2D eigenvalue weighted by Crippen LogP contribution is -2.51. The summed E-state index contributed by atoms with van der Waals surface area (Å²) in [5, 5.41) is 16.0. The predicted octanol–water partition coefficient (Wildman–Crippen LogP) is -0.0535. The van der Waals surface area contributed by atoms with Gasteiger partial charge >= 0.3 is 0 Å². The van der Waals surface area contributed by atoms with E-state index in [4.69, 9.17) is 11.6 Å². The molecule has 1 saturated heterocycles. The number of aromatic nitrogens is 2. The highest BCUT2D eigenvalue weighted by Gasteiger charge is 2.30. The van der Waals surface area contributed by atoms with Gasteiger partial charge in [0.2, 0.25) is 15.9 Å². The molecule has 0 N–H and O–H groups in total. The number of rotatable bonds is 5. The zero-order chi connectivity index (χ0) is 23.8. The number of carboxylic acids is 1. The van der Waals surface area contributed by atoms with E-state index in [1.165, 1.54) is 45.6 Å². The van der Waals surface area contributed by atoms with E-state index in [1.54, 1.807) is 12.1 Å². The molecule has 0 aliphatic carbocycles. The van der Waals surface area contributed by atoms with Crippen molar-refractivity contribution in [3.63, 3.8) is 0 Å². The standard InChI is InChI=1S/C21H19ClN4O6S/c22-14-5-7-15(8-6-14)33(31,32)25-11-9-24(10-12-25)18(27)13-26-20(28)17-4-2-1-3-16(17)19(23-26)21(29)30/h1-8H,9-13H2,(H,29,30)/p-1. The minimum Gasteiger partial charge on any atom is -0.543 e. The molecule has 0 radical (unpaired) electrons. The Hall–Kier alpha value is -3.28. The average molecular weight is 490 g/mol. The predicted molar refractivity (Wildman–Crippen MR) is 117 cm³/mol. The first-order valence-electron chi connectivity index (χ1n) is 9.93. The molecule has 172 valence electrons. The second kappa shape index (κ2) is 8.93. The molecule has 10 nitrogen and oxygen atoms in total. The number of sulfonamides is 1. The molecule has 1 aromatic heterocycles. The minimum atomic E-state index is -3.74. The van der Waals surface area contributed by atoms with Gasteiger partial charge in [0.15, 0.2) is 0 Å². The first kappa shape index (κ1) is 22.9. The van der Waals surface area contributed by atoms with Crippen molar-refractivity contribution in [2.45, 2.75) is 11.4 Å². The van der Waals surface area contributed by atoms with Crippen LogP contribution in [0.2, 0.25) is 5.02 Å². The Balaban J connectivity index is 1.49. The van der Waals surface area contributed by atoms with Gasteiger partial charge in [-0.25, -0.2) is 13.1 Å². The monoisotopic (exact) mass is 489 g/mol. The highest BCUT2D eigenvalue weighted by Crippen LogP contribution is 2.20. The van der Waals surface area contributed by atoms with Crippen molar-refractivity contribution in [2.24, 2.45) is 0 Å². The van der Waals surface area contributed by atoms with Crippen LogP contribution in [0.1, 0.15) is 10.5 Å². The van der Waals surface area contributed by atoms with Gasteiger partial charge in [-0.05, 0) is 30.3 Å². The maximum atomic E-state index is 12.8. The van der Waals surface area contributed by atoms with Gasteiger partial charge in [-0.3, -0.25) is 9.59 Å². The normalized spacial score (nSPS) is 15.0. The van der Waals surface area contributed by atoms with Crippen LogP contribution < -0.4 is 10.7 Å². The fourth-order valence-corrected chi connectivity index (χ4v) is 5.20. The first-order chi connectivity index (χ1) is 15.7.